The number of fused-ring (bicyclic) bond motifs is 2. The van der Waals surface area contributed by atoms with Gasteiger partial charge in [0.2, 0.25) is 0 Å². The molecule has 3 heterocycles. The predicted molar refractivity (Wildman–Crippen MR) is 107 cm³/mol. The molecule has 0 aliphatic carbocycles. The molecule has 0 atom stereocenters. The molecule has 0 bridgehead atoms. The van der Waals surface area contributed by atoms with Crippen LogP contribution in [-0.2, 0) is 37.0 Å². The summed E-state index contributed by atoms with van der Waals surface area (Å²) in [5.74, 6) is -0.607. The molecule has 1 aromatic rings. The minimum absolute atomic E-state index is 0.0310. The van der Waals surface area contributed by atoms with Crippen molar-refractivity contribution in [1.29, 1.82) is 0 Å². The minimum Gasteiger partial charge on any atom is -0.416 e. The van der Waals surface area contributed by atoms with E-state index in [1.165, 1.54) is 0 Å². The Morgan fingerprint density at radius 3 is 2.70 bits per heavy atom. The van der Waals surface area contributed by atoms with Gasteiger partial charge in [-0.2, -0.15) is 0 Å². The maximum absolute atomic E-state index is 12.1. The van der Waals surface area contributed by atoms with E-state index < -0.39 is 17.7 Å². The van der Waals surface area contributed by atoms with Crippen molar-refractivity contribution in [3.8, 4) is 0 Å². The number of ether oxygens (including phenoxy) is 2. The largest absolute Gasteiger partial charge is 0.416 e. The van der Waals surface area contributed by atoms with Gasteiger partial charge in [-0.3, -0.25) is 14.6 Å². The molecule has 1 fully saturated rings. The molecule has 4 rings (SSSR count). The van der Waals surface area contributed by atoms with Gasteiger partial charge < -0.3 is 14.8 Å². The first-order valence-electron chi connectivity index (χ1n) is 8.82. The molecular formula is C18H19ClN2O4S2. The zero-order chi connectivity index (χ0) is 18.9. The van der Waals surface area contributed by atoms with E-state index in [4.69, 9.17) is 21.1 Å². The first kappa shape index (κ1) is 19.1. The molecule has 1 spiro atoms. The van der Waals surface area contributed by atoms with Gasteiger partial charge in [-0.15, -0.1) is 0 Å². The van der Waals surface area contributed by atoms with Crippen LogP contribution in [0.1, 0.15) is 29.5 Å². The Labute approximate surface area is 170 Å². The summed E-state index contributed by atoms with van der Waals surface area (Å²) in [5, 5.41) is 3.90. The lowest BCUT2D eigenvalue weighted by molar-refractivity contribution is -0.225. The monoisotopic (exact) mass is 426 g/mol. The zero-order valence-corrected chi connectivity index (χ0v) is 17.0. The van der Waals surface area contributed by atoms with E-state index in [0.29, 0.717) is 29.3 Å². The van der Waals surface area contributed by atoms with E-state index in [9.17, 15) is 9.59 Å². The standard InChI is InChI=1S/C18H19ClN2O4S2/c19-14-2-1-13-11(12(14)9-27-17-21-7-8-26-17)5-6-20-10-18(13)24-15(22)3-4-16(23)25-18/h1-2,20H,3-10H2. The lowest BCUT2D eigenvalue weighted by atomic mass is 9.94. The smallest absolute Gasteiger partial charge is 0.309 e. The molecule has 9 heteroatoms. The Bertz CT molecular complexity index is 797. The van der Waals surface area contributed by atoms with Gasteiger partial charge in [0.15, 0.2) is 0 Å². The molecule has 144 valence electrons. The highest BCUT2D eigenvalue weighted by Crippen LogP contribution is 2.39. The first-order valence-corrected chi connectivity index (χ1v) is 11.2. The number of esters is 2. The third kappa shape index (κ3) is 3.99. The van der Waals surface area contributed by atoms with Crippen molar-refractivity contribution in [2.24, 2.45) is 4.99 Å². The summed E-state index contributed by atoms with van der Waals surface area (Å²) in [6, 6.07) is 3.60. The molecule has 1 aromatic carbocycles. The fraction of sp³-hybridized carbons (Fsp3) is 0.500. The van der Waals surface area contributed by atoms with Crippen LogP contribution >= 0.6 is 35.1 Å². The molecule has 3 aliphatic heterocycles. The van der Waals surface area contributed by atoms with Gasteiger partial charge >= 0.3 is 11.9 Å². The zero-order valence-electron chi connectivity index (χ0n) is 14.6. The number of hydrogen-bond donors (Lipinski definition) is 1. The molecule has 0 radical (unpaired) electrons. The van der Waals surface area contributed by atoms with Gasteiger partial charge in [0.25, 0.3) is 5.79 Å². The van der Waals surface area contributed by atoms with Gasteiger partial charge in [0.05, 0.1) is 25.9 Å². The highest BCUT2D eigenvalue weighted by Gasteiger charge is 2.45. The number of nitrogens with zero attached hydrogens (tertiary/aromatic N) is 1. The summed E-state index contributed by atoms with van der Waals surface area (Å²) in [6.45, 7) is 1.76. The fourth-order valence-corrected chi connectivity index (χ4v) is 5.84. The van der Waals surface area contributed by atoms with Crippen molar-refractivity contribution < 1.29 is 19.1 Å². The number of carbonyl (C=O) groups is 2. The number of halogens is 1. The molecule has 27 heavy (non-hydrogen) atoms. The molecule has 3 aliphatic rings. The van der Waals surface area contributed by atoms with E-state index in [1.54, 1.807) is 29.6 Å². The topological polar surface area (TPSA) is 77.0 Å². The van der Waals surface area contributed by atoms with Gasteiger partial charge in [-0.1, -0.05) is 35.1 Å². The summed E-state index contributed by atoms with van der Waals surface area (Å²) >= 11 is 9.94. The average molecular weight is 427 g/mol. The summed E-state index contributed by atoms with van der Waals surface area (Å²) < 4.78 is 12.4. The van der Waals surface area contributed by atoms with Crippen molar-refractivity contribution in [1.82, 2.24) is 5.32 Å². The fourth-order valence-electron chi connectivity index (χ4n) is 3.44. The van der Waals surface area contributed by atoms with Crippen molar-refractivity contribution in [2.45, 2.75) is 30.8 Å². The highest BCUT2D eigenvalue weighted by molar-refractivity contribution is 8.38. The van der Waals surface area contributed by atoms with Gasteiger partial charge in [0, 0.05) is 22.1 Å². The Balaban J connectivity index is 1.74. The Kier molecular flexibility index (Phi) is 5.68. The van der Waals surface area contributed by atoms with Crippen molar-refractivity contribution in [3.05, 3.63) is 33.8 Å². The van der Waals surface area contributed by atoms with Gasteiger partial charge in [0.1, 0.15) is 4.38 Å². The highest BCUT2D eigenvalue weighted by atomic mass is 35.5. The van der Waals surface area contributed by atoms with E-state index >= 15 is 0 Å². The van der Waals surface area contributed by atoms with Crippen LogP contribution in [0.5, 0.6) is 0 Å². The van der Waals surface area contributed by atoms with Crippen molar-refractivity contribution in [2.75, 3.05) is 25.4 Å². The molecule has 0 amide bonds. The second-order valence-corrected chi connectivity index (χ2v) is 9.18. The van der Waals surface area contributed by atoms with Crippen LogP contribution in [0.15, 0.2) is 17.1 Å². The average Bonchev–Trinajstić information content (AvgIpc) is 3.04. The minimum atomic E-state index is -1.43. The number of hydrogen-bond acceptors (Lipinski definition) is 8. The second-order valence-electron chi connectivity index (χ2n) is 6.46. The van der Waals surface area contributed by atoms with Crippen LogP contribution in [0.4, 0.5) is 0 Å². The maximum atomic E-state index is 12.1. The number of benzene rings is 1. The number of carbonyl (C=O) groups excluding carboxylic acids is 2. The van der Waals surface area contributed by atoms with E-state index in [1.807, 2.05) is 6.07 Å². The Morgan fingerprint density at radius 2 is 2.00 bits per heavy atom. The van der Waals surface area contributed by atoms with Crippen LogP contribution in [0.2, 0.25) is 5.02 Å². The third-order valence-electron chi connectivity index (χ3n) is 4.68. The van der Waals surface area contributed by atoms with Crippen LogP contribution in [0.3, 0.4) is 0 Å². The molecule has 0 saturated carbocycles. The molecular weight excluding hydrogens is 408 g/mol. The van der Waals surface area contributed by atoms with Crippen molar-refractivity contribution in [3.63, 3.8) is 0 Å². The van der Waals surface area contributed by atoms with E-state index in [2.05, 4.69) is 10.3 Å². The van der Waals surface area contributed by atoms with Crippen LogP contribution in [-0.4, -0.2) is 41.7 Å². The molecule has 6 nitrogen and oxygen atoms in total. The number of thioether (sulfide) groups is 2. The lowest BCUT2D eigenvalue weighted by Gasteiger charge is -2.32. The van der Waals surface area contributed by atoms with Gasteiger partial charge in [-0.25, -0.2) is 0 Å². The quantitative estimate of drug-likeness (QED) is 0.728. The SMILES string of the molecule is O=C1CCC(=O)OC2(CNCCc3c2ccc(Cl)c3CSC2=NCCS2)O1. The molecule has 1 N–H and O–H groups in total. The van der Waals surface area contributed by atoms with Crippen LogP contribution in [0.25, 0.3) is 0 Å². The summed E-state index contributed by atoms with van der Waals surface area (Å²) in [6.07, 6.45) is 0.773. The number of nitrogens with one attached hydrogen (secondary N) is 1. The molecule has 1 saturated heterocycles. The molecule has 0 unspecified atom stereocenters. The number of aliphatic imine (C=N–C) groups is 1. The van der Waals surface area contributed by atoms with E-state index in [-0.39, 0.29) is 19.4 Å². The first-order chi connectivity index (χ1) is 13.1. The summed E-state index contributed by atoms with van der Waals surface area (Å²) in [5.41, 5.74) is 2.66. The second kappa shape index (κ2) is 8.03. The summed E-state index contributed by atoms with van der Waals surface area (Å²) in [4.78, 5) is 28.8. The normalized spacial score (nSPS) is 21.7. The predicted octanol–water partition coefficient (Wildman–Crippen LogP) is 2.85. The summed E-state index contributed by atoms with van der Waals surface area (Å²) in [7, 11) is 0. The van der Waals surface area contributed by atoms with Crippen molar-refractivity contribution >= 4 is 51.4 Å². The van der Waals surface area contributed by atoms with Crippen LogP contribution in [0, 0.1) is 0 Å². The van der Waals surface area contributed by atoms with E-state index in [0.717, 1.165) is 27.8 Å². The maximum Gasteiger partial charge on any atom is 0.309 e. The van der Waals surface area contributed by atoms with Crippen LogP contribution < -0.4 is 5.32 Å². The lowest BCUT2D eigenvalue weighted by Crippen LogP contribution is -2.43. The number of rotatable bonds is 2. The third-order valence-corrected chi connectivity index (χ3v) is 7.32. The van der Waals surface area contributed by atoms with Gasteiger partial charge in [-0.05, 0) is 36.2 Å². The Morgan fingerprint density at radius 1 is 1.22 bits per heavy atom. The Hall–Kier alpha value is -1.22. The molecule has 0 aromatic heterocycles.